The number of thiophene rings is 1. The summed E-state index contributed by atoms with van der Waals surface area (Å²) in [5.41, 5.74) is 7.60. The SMILES string of the molecule is COCc1nc(N)cc(-c2ccsc2)n1. The first kappa shape index (κ1) is 10.1. The molecule has 0 fully saturated rings. The van der Waals surface area contributed by atoms with E-state index in [0.717, 1.165) is 11.3 Å². The van der Waals surface area contributed by atoms with Crippen molar-refractivity contribution in [2.45, 2.75) is 6.61 Å². The average molecular weight is 221 g/mol. The van der Waals surface area contributed by atoms with Crippen LogP contribution in [0.2, 0.25) is 0 Å². The molecule has 0 saturated carbocycles. The van der Waals surface area contributed by atoms with E-state index in [1.54, 1.807) is 24.5 Å². The molecule has 0 radical (unpaired) electrons. The molecule has 2 heterocycles. The maximum Gasteiger partial charge on any atom is 0.157 e. The van der Waals surface area contributed by atoms with Crippen molar-refractivity contribution in [1.82, 2.24) is 9.97 Å². The van der Waals surface area contributed by atoms with Crippen molar-refractivity contribution < 1.29 is 4.74 Å². The fourth-order valence-electron chi connectivity index (χ4n) is 1.27. The van der Waals surface area contributed by atoms with Gasteiger partial charge in [-0.25, -0.2) is 9.97 Å². The van der Waals surface area contributed by atoms with E-state index < -0.39 is 0 Å². The van der Waals surface area contributed by atoms with Crippen LogP contribution in [0.1, 0.15) is 5.82 Å². The van der Waals surface area contributed by atoms with Crippen LogP contribution in [-0.2, 0) is 11.3 Å². The highest BCUT2D eigenvalue weighted by Crippen LogP contribution is 2.21. The molecule has 0 unspecified atom stereocenters. The highest BCUT2D eigenvalue weighted by Gasteiger charge is 2.04. The van der Waals surface area contributed by atoms with Crippen molar-refractivity contribution in [3.63, 3.8) is 0 Å². The molecular weight excluding hydrogens is 210 g/mol. The van der Waals surface area contributed by atoms with Gasteiger partial charge in [0, 0.05) is 24.1 Å². The van der Waals surface area contributed by atoms with Gasteiger partial charge in [0.2, 0.25) is 0 Å². The average Bonchev–Trinajstić information content (AvgIpc) is 2.70. The zero-order chi connectivity index (χ0) is 10.7. The van der Waals surface area contributed by atoms with Gasteiger partial charge >= 0.3 is 0 Å². The Morgan fingerprint density at radius 3 is 3.00 bits per heavy atom. The first-order valence-corrected chi connectivity index (χ1v) is 5.39. The molecule has 0 aliphatic rings. The summed E-state index contributed by atoms with van der Waals surface area (Å²) in [6.45, 7) is 0.377. The van der Waals surface area contributed by atoms with Crippen LogP contribution in [0.25, 0.3) is 11.3 Å². The topological polar surface area (TPSA) is 61.0 Å². The summed E-state index contributed by atoms with van der Waals surface area (Å²) in [5.74, 6) is 1.08. The van der Waals surface area contributed by atoms with E-state index in [1.165, 1.54) is 0 Å². The van der Waals surface area contributed by atoms with E-state index in [2.05, 4.69) is 9.97 Å². The molecule has 0 amide bonds. The second kappa shape index (κ2) is 4.37. The van der Waals surface area contributed by atoms with Crippen molar-refractivity contribution in [2.75, 3.05) is 12.8 Å². The lowest BCUT2D eigenvalue weighted by molar-refractivity contribution is 0.178. The number of nitrogen functional groups attached to an aromatic ring is 1. The van der Waals surface area contributed by atoms with Crippen LogP contribution < -0.4 is 5.73 Å². The summed E-state index contributed by atoms with van der Waals surface area (Å²) >= 11 is 1.63. The Morgan fingerprint density at radius 1 is 1.47 bits per heavy atom. The fraction of sp³-hybridized carbons (Fsp3) is 0.200. The Balaban J connectivity index is 2.40. The molecule has 0 saturated heterocycles. The largest absolute Gasteiger partial charge is 0.384 e. The van der Waals surface area contributed by atoms with Crippen LogP contribution in [0, 0.1) is 0 Å². The zero-order valence-electron chi connectivity index (χ0n) is 8.30. The molecule has 0 aliphatic heterocycles. The fourth-order valence-corrected chi connectivity index (χ4v) is 1.92. The first-order valence-electron chi connectivity index (χ1n) is 4.44. The van der Waals surface area contributed by atoms with Gasteiger partial charge in [0.15, 0.2) is 5.82 Å². The number of anilines is 1. The van der Waals surface area contributed by atoms with E-state index in [-0.39, 0.29) is 0 Å². The number of hydrogen-bond acceptors (Lipinski definition) is 5. The molecule has 4 nitrogen and oxygen atoms in total. The zero-order valence-corrected chi connectivity index (χ0v) is 9.12. The molecule has 2 aromatic heterocycles. The molecule has 0 bridgehead atoms. The Kier molecular flexibility index (Phi) is 2.94. The lowest BCUT2D eigenvalue weighted by Crippen LogP contribution is -2.01. The third kappa shape index (κ3) is 2.31. The number of aromatic nitrogens is 2. The van der Waals surface area contributed by atoms with Gasteiger partial charge in [-0.3, -0.25) is 0 Å². The van der Waals surface area contributed by atoms with E-state index in [0.29, 0.717) is 18.2 Å². The van der Waals surface area contributed by atoms with Gasteiger partial charge in [-0.2, -0.15) is 11.3 Å². The monoisotopic (exact) mass is 221 g/mol. The van der Waals surface area contributed by atoms with Crippen molar-refractivity contribution in [1.29, 1.82) is 0 Å². The summed E-state index contributed by atoms with van der Waals surface area (Å²) in [4.78, 5) is 8.43. The molecule has 78 valence electrons. The Labute approximate surface area is 91.8 Å². The summed E-state index contributed by atoms with van der Waals surface area (Å²) in [6, 6.07) is 3.77. The maximum absolute atomic E-state index is 5.69. The summed E-state index contributed by atoms with van der Waals surface area (Å²) in [7, 11) is 1.61. The van der Waals surface area contributed by atoms with Gasteiger partial charge < -0.3 is 10.5 Å². The van der Waals surface area contributed by atoms with Gasteiger partial charge in [0.25, 0.3) is 0 Å². The second-order valence-corrected chi connectivity index (χ2v) is 3.82. The van der Waals surface area contributed by atoms with Crippen LogP contribution in [0.5, 0.6) is 0 Å². The smallest absolute Gasteiger partial charge is 0.157 e. The summed E-state index contributed by atoms with van der Waals surface area (Å²) < 4.78 is 4.98. The predicted octanol–water partition coefficient (Wildman–Crippen LogP) is 1.93. The number of methoxy groups -OCH3 is 1. The molecule has 5 heteroatoms. The van der Waals surface area contributed by atoms with Crippen molar-refractivity contribution in [3.05, 3.63) is 28.7 Å². The van der Waals surface area contributed by atoms with E-state index in [1.807, 2.05) is 16.8 Å². The molecule has 15 heavy (non-hydrogen) atoms. The second-order valence-electron chi connectivity index (χ2n) is 3.04. The lowest BCUT2D eigenvalue weighted by atomic mass is 10.2. The van der Waals surface area contributed by atoms with Crippen molar-refractivity contribution in [3.8, 4) is 11.3 Å². The standard InChI is InChI=1S/C10H11N3OS/c1-14-5-10-12-8(4-9(11)13-10)7-2-3-15-6-7/h2-4,6H,5H2,1H3,(H2,11,12,13). The minimum atomic E-state index is 0.377. The van der Waals surface area contributed by atoms with Gasteiger partial charge in [0.1, 0.15) is 12.4 Å². The highest BCUT2D eigenvalue weighted by molar-refractivity contribution is 7.08. The Hall–Kier alpha value is -1.46. The van der Waals surface area contributed by atoms with Crippen LogP contribution >= 0.6 is 11.3 Å². The molecule has 0 aliphatic carbocycles. The molecule has 2 rings (SSSR count). The summed E-state index contributed by atoms with van der Waals surface area (Å²) in [6.07, 6.45) is 0. The van der Waals surface area contributed by atoms with Crippen LogP contribution in [0.4, 0.5) is 5.82 Å². The number of ether oxygens (including phenoxy) is 1. The van der Waals surface area contributed by atoms with Gasteiger partial charge in [-0.15, -0.1) is 0 Å². The van der Waals surface area contributed by atoms with E-state index in [4.69, 9.17) is 10.5 Å². The van der Waals surface area contributed by atoms with Crippen molar-refractivity contribution >= 4 is 17.2 Å². The third-order valence-electron chi connectivity index (χ3n) is 1.88. The van der Waals surface area contributed by atoms with Crippen LogP contribution in [0.3, 0.4) is 0 Å². The number of hydrogen-bond donors (Lipinski definition) is 1. The number of nitrogens with zero attached hydrogens (tertiary/aromatic N) is 2. The molecule has 0 aromatic carbocycles. The Morgan fingerprint density at radius 2 is 2.33 bits per heavy atom. The van der Waals surface area contributed by atoms with Gasteiger partial charge in [0.05, 0.1) is 5.69 Å². The lowest BCUT2D eigenvalue weighted by Gasteiger charge is -2.03. The maximum atomic E-state index is 5.69. The molecule has 2 N–H and O–H groups in total. The Bertz CT molecular complexity index is 442. The minimum absolute atomic E-state index is 0.377. The molecule has 2 aromatic rings. The minimum Gasteiger partial charge on any atom is -0.384 e. The van der Waals surface area contributed by atoms with Crippen LogP contribution in [-0.4, -0.2) is 17.1 Å². The van der Waals surface area contributed by atoms with E-state index in [9.17, 15) is 0 Å². The van der Waals surface area contributed by atoms with Crippen molar-refractivity contribution in [2.24, 2.45) is 0 Å². The van der Waals surface area contributed by atoms with E-state index >= 15 is 0 Å². The highest BCUT2D eigenvalue weighted by atomic mass is 32.1. The predicted molar refractivity (Wildman–Crippen MR) is 60.5 cm³/mol. The van der Waals surface area contributed by atoms with Crippen LogP contribution in [0.15, 0.2) is 22.9 Å². The first-order chi connectivity index (χ1) is 7.29. The molecule has 0 spiro atoms. The van der Waals surface area contributed by atoms with Gasteiger partial charge in [-0.05, 0) is 11.4 Å². The number of rotatable bonds is 3. The summed E-state index contributed by atoms with van der Waals surface area (Å²) in [5, 5.41) is 4.03. The number of nitrogens with two attached hydrogens (primary N) is 1. The quantitative estimate of drug-likeness (QED) is 0.860. The third-order valence-corrected chi connectivity index (χ3v) is 2.57. The molecule has 0 atom stereocenters. The molecular formula is C10H11N3OS. The van der Waals surface area contributed by atoms with Gasteiger partial charge in [-0.1, -0.05) is 0 Å². The normalized spacial score (nSPS) is 10.5.